The molecule has 5 heteroatoms. The van der Waals surface area contributed by atoms with Crippen molar-refractivity contribution in [2.24, 2.45) is 11.8 Å². The first-order valence-corrected chi connectivity index (χ1v) is 11.7. The van der Waals surface area contributed by atoms with Gasteiger partial charge in [-0.3, -0.25) is 4.79 Å². The summed E-state index contributed by atoms with van der Waals surface area (Å²) >= 11 is 3.54. The Morgan fingerprint density at radius 1 is 1.13 bits per heavy atom. The average molecular weight is 473 g/mol. The zero-order chi connectivity index (χ0) is 21.5. The molecule has 0 saturated carbocycles. The fourth-order valence-electron chi connectivity index (χ4n) is 3.89. The SMILES string of the molecule is CC(C)C(=O)Nc1cccc(C2CCN(C[C@H](C)COc3ccccc3Br)CC2)c1. The van der Waals surface area contributed by atoms with Crippen LogP contribution in [0.3, 0.4) is 0 Å². The summed E-state index contributed by atoms with van der Waals surface area (Å²) in [5.74, 6) is 2.01. The molecule has 1 atom stereocenters. The minimum absolute atomic E-state index is 0.00846. The van der Waals surface area contributed by atoms with Gasteiger partial charge in [-0.05, 0) is 77.6 Å². The first-order valence-electron chi connectivity index (χ1n) is 10.9. The van der Waals surface area contributed by atoms with Crippen molar-refractivity contribution >= 4 is 27.5 Å². The highest BCUT2D eigenvalue weighted by molar-refractivity contribution is 9.10. The molecule has 1 amide bonds. The second-order valence-electron chi connectivity index (χ2n) is 8.69. The molecule has 4 nitrogen and oxygen atoms in total. The van der Waals surface area contributed by atoms with Crippen LogP contribution in [0.25, 0.3) is 0 Å². The van der Waals surface area contributed by atoms with E-state index in [4.69, 9.17) is 4.74 Å². The number of carbonyl (C=O) groups is 1. The van der Waals surface area contributed by atoms with Crippen molar-refractivity contribution in [2.75, 3.05) is 31.6 Å². The number of ether oxygens (including phenoxy) is 1. The number of piperidine rings is 1. The maximum Gasteiger partial charge on any atom is 0.226 e. The van der Waals surface area contributed by atoms with Crippen LogP contribution in [0.4, 0.5) is 5.69 Å². The summed E-state index contributed by atoms with van der Waals surface area (Å²) in [6, 6.07) is 16.4. The van der Waals surface area contributed by atoms with E-state index >= 15 is 0 Å². The molecule has 1 N–H and O–H groups in total. The Morgan fingerprint density at radius 3 is 2.57 bits per heavy atom. The molecule has 0 aliphatic carbocycles. The van der Waals surface area contributed by atoms with Crippen molar-refractivity contribution < 1.29 is 9.53 Å². The highest BCUT2D eigenvalue weighted by atomic mass is 79.9. The predicted molar refractivity (Wildman–Crippen MR) is 127 cm³/mol. The number of carbonyl (C=O) groups excluding carboxylic acids is 1. The molecular weight excluding hydrogens is 440 g/mol. The molecule has 1 aliphatic heterocycles. The predicted octanol–water partition coefficient (Wildman–Crippen LogP) is 5.94. The maximum atomic E-state index is 12.0. The molecule has 0 radical (unpaired) electrons. The number of likely N-dealkylation sites (tertiary alicyclic amines) is 1. The molecule has 162 valence electrons. The van der Waals surface area contributed by atoms with Gasteiger partial charge in [0.2, 0.25) is 5.91 Å². The summed E-state index contributed by atoms with van der Waals surface area (Å²) in [6.07, 6.45) is 2.30. The van der Waals surface area contributed by atoms with Crippen LogP contribution in [0, 0.1) is 11.8 Å². The smallest absolute Gasteiger partial charge is 0.226 e. The quantitative estimate of drug-likeness (QED) is 0.516. The molecule has 1 fully saturated rings. The topological polar surface area (TPSA) is 41.6 Å². The summed E-state index contributed by atoms with van der Waals surface area (Å²) in [5.41, 5.74) is 2.24. The molecule has 30 heavy (non-hydrogen) atoms. The second-order valence-corrected chi connectivity index (χ2v) is 9.55. The lowest BCUT2D eigenvalue weighted by atomic mass is 9.89. The summed E-state index contributed by atoms with van der Waals surface area (Å²) < 4.78 is 6.99. The number of hydrogen-bond donors (Lipinski definition) is 1. The molecule has 3 rings (SSSR count). The van der Waals surface area contributed by atoms with Gasteiger partial charge in [0.15, 0.2) is 0 Å². The number of halogens is 1. The van der Waals surface area contributed by atoms with Crippen LogP contribution in [0.2, 0.25) is 0 Å². The standard InChI is InChI=1S/C25H33BrN2O2/c1-18(2)25(29)27-22-8-6-7-21(15-22)20-11-13-28(14-12-20)16-19(3)17-30-24-10-5-4-9-23(24)26/h4-10,15,18-20H,11-14,16-17H2,1-3H3,(H,27,29)/t19-/m0/s1. The van der Waals surface area contributed by atoms with Crippen molar-refractivity contribution in [3.63, 3.8) is 0 Å². The van der Waals surface area contributed by atoms with E-state index in [1.807, 2.05) is 44.2 Å². The Labute approximate surface area is 189 Å². The third kappa shape index (κ3) is 6.58. The summed E-state index contributed by atoms with van der Waals surface area (Å²) in [4.78, 5) is 14.5. The lowest BCUT2D eigenvalue weighted by molar-refractivity contribution is -0.118. The lowest BCUT2D eigenvalue weighted by Crippen LogP contribution is -2.37. The molecule has 1 heterocycles. The molecule has 2 aromatic rings. The number of rotatable bonds is 8. The van der Waals surface area contributed by atoms with Gasteiger partial charge in [0.1, 0.15) is 5.75 Å². The highest BCUT2D eigenvalue weighted by Crippen LogP contribution is 2.30. The normalized spacial score (nSPS) is 16.4. The van der Waals surface area contributed by atoms with E-state index in [0.717, 1.165) is 55.0 Å². The van der Waals surface area contributed by atoms with E-state index in [0.29, 0.717) is 11.8 Å². The number of nitrogens with zero attached hydrogens (tertiary/aromatic N) is 1. The molecule has 0 aromatic heterocycles. The first-order chi connectivity index (χ1) is 14.4. The van der Waals surface area contributed by atoms with Crippen molar-refractivity contribution in [1.29, 1.82) is 0 Å². The lowest BCUT2D eigenvalue weighted by Gasteiger charge is -2.34. The van der Waals surface area contributed by atoms with Crippen LogP contribution in [0.5, 0.6) is 5.75 Å². The van der Waals surface area contributed by atoms with Crippen LogP contribution in [0.1, 0.15) is 45.1 Å². The molecule has 1 aliphatic rings. The molecular formula is C25H33BrN2O2. The number of amides is 1. The van der Waals surface area contributed by atoms with Crippen molar-refractivity contribution in [1.82, 2.24) is 4.90 Å². The van der Waals surface area contributed by atoms with Gasteiger partial charge in [0.05, 0.1) is 11.1 Å². The fraction of sp³-hybridized carbons (Fsp3) is 0.480. The van der Waals surface area contributed by atoms with Gasteiger partial charge in [0, 0.05) is 24.1 Å². The van der Waals surface area contributed by atoms with Gasteiger partial charge >= 0.3 is 0 Å². The Kier molecular flexibility index (Phi) is 8.34. The van der Waals surface area contributed by atoms with Crippen LogP contribution in [-0.4, -0.2) is 37.0 Å². The summed E-state index contributed by atoms with van der Waals surface area (Å²) in [7, 11) is 0. The zero-order valence-corrected chi connectivity index (χ0v) is 19.8. The Morgan fingerprint density at radius 2 is 1.87 bits per heavy atom. The Bertz CT molecular complexity index is 831. The fourth-order valence-corrected chi connectivity index (χ4v) is 4.29. The third-order valence-electron chi connectivity index (χ3n) is 5.67. The largest absolute Gasteiger partial charge is 0.492 e. The number of benzene rings is 2. The third-order valence-corrected chi connectivity index (χ3v) is 6.32. The van der Waals surface area contributed by atoms with Crippen molar-refractivity contribution in [2.45, 2.75) is 39.5 Å². The Balaban J connectivity index is 1.45. The average Bonchev–Trinajstić information content (AvgIpc) is 2.74. The van der Waals surface area contributed by atoms with Gasteiger partial charge < -0.3 is 15.0 Å². The minimum atomic E-state index is -0.00846. The number of nitrogens with one attached hydrogen (secondary N) is 1. The van der Waals surface area contributed by atoms with Crippen molar-refractivity contribution in [3.05, 3.63) is 58.6 Å². The van der Waals surface area contributed by atoms with E-state index in [9.17, 15) is 4.79 Å². The number of para-hydroxylation sites is 1. The molecule has 0 unspecified atom stereocenters. The van der Waals surface area contributed by atoms with Crippen LogP contribution in [0.15, 0.2) is 53.0 Å². The maximum absolute atomic E-state index is 12.0. The van der Waals surface area contributed by atoms with Gasteiger partial charge in [-0.15, -0.1) is 0 Å². The van der Waals surface area contributed by atoms with Crippen LogP contribution < -0.4 is 10.1 Å². The van der Waals surface area contributed by atoms with Gasteiger partial charge in [-0.2, -0.15) is 0 Å². The highest BCUT2D eigenvalue weighted by Gasteiger charge is 2.22. The minimum Gasteiger partial charge on any atom is -0.492 e. The summed E-state index contributed by atoms with van der Waals surface area (Å²) in [6.45, 7) is 10.1. The second kappa shape index (κ2) is 11.0. The molecule has 0 spiro atoms. The van der Waals surface area contributed by atoms with Crippen LogP contribution in [-0.2, 0) is 4.79 Å². The van der Waals surface area contributed by atoms with Crippen LogP contribution >= 0.6 is 15.9 Å². The van der Waals surface area contributed by atoms with E-state index in [-0.39, 0.29) is 11.8 Å². The monoisotopic (exact) mass is 472 g/mol. The first kappa shape index (κ1) is 22.8. The van der Waals surface area contributed by atoms with E-state index in [1.54, 1.807) is 0 Å². The summed E-state index contributed by atoms with van der Waals surface area (Å²) in [5, 5.41) is 3.02. The van der Waals surface area contributed by atoms with Gasteiger partial charge in [-0.1, -0.05) is 45.0 Å². The molecule has 1 saturated heterocycles. The van der Waals surface area contributed by atoms with Gasteiger partial charge in [-0.25, -0.2) is 0 Å². The molecule has 0 bridgehead atoms. The van der Waals surface area contributed by atoms with E-state index < -0.39 is 0 Å². The van der Waals surface area contributed by atoms with Crippen molar-refractivity contribution in [3.8, 4) is 5.75 Å². The zero-order valence-electron chi connectivity index (χ0n) is 18.2. The molecule has 2 aromatic carbocycles. The van der Waals surface area contributed by atoms with E-state index in [1.165, 1.54) is 5.56 Å². The van der Waals surface area contributed by atoms with Gasteiger partial charge in [0.25, 0.3) is 0 Å². The number of anilines is 1. The Hall–Kier alpha value is -1.85. The van der Waals surface area contributed by atoms with E-state index in [2.05, 4.69) is 51.3 Å². The number of hydrogen-bond acceptors (Lipinski definition) is 3.